The maximum absolute atomic E-state index is 12.1. The highest BCUT2D eigenvalue weighted by molar-refractivity contribution is 7.05. The van der Waals surface area contributed by atoms with Crippen molar-refractivity contribution >= 4 is 11.5 Å². The highest BCUT2D eigenvalue weighted by atomic mass is 32.1. The molecule has 5 nitrogen and oxygen atoms in total. The first-order chi connectivity index (χ1) is 16.0. The lowest BCUT2D eigenvalue weighted by Gasteiger charge is -2.37. The summed E-state index contributed by atoms with van der Waals surface area (Å²) in [5.74, 6) is 1.91. The van der Waals surface area contributed by atoms with Crippen LogP contribution in [-0.4, -0.2) is 46.2 Å². The van der Waals surface area contributed by atoms with E-state index >= 15 is 0 Å². The van der Waals surface area contributed by atoms with Gasteiger partial charge in [-0.15, -0.1) is 0 Å². The molecule has 1 unspecified atom stereocenters. The van der Waals surface area contributed by atoms with Gasteiger partial charge < -0.3 is 14.3 Å². The van der Waals surface area contributed by atoms with Crippen molar-refractivity contribution < 1.29 is 14.3 Å². The van der Waals surface area contributed by atoms with E-state index in [0.29, 0.717) is 6.61 Å². The Bertz CT molecular complexity index is 987. The van der Waals surface area contributed by atoms with E-state index in [2.05, 4.69) is 18.5 Å². The molecular weight excluding hydrogens is 430 g/mol. The molecule has 0 spiro atoms. The van der Waals surface area contributed by atoms with Gasteiger partial charge in [0.15, 0.2) is 10.8 Å². The van der Waals surface area contributed by atoms with Gasteiger partial charge in [0.05, 0.1) is 27.2 Å². The van der Waals surface area contributed by atoms with E-state index < -0.39 is 5.60 Å². The largest absolute Gasteiger partial charge is 0.493 e. The van der Waals surface area contributed by atoms with Crippen LogP contribution in [0.1, 0.15) is 54.9 Å². The number of para-hydroxylation sites is 1. The van der Waals surface area contributed by atoms with E-state index in [0.717, 1.165) is 59.0 Å². The Morgan fingerprint density at radius 1 is 1.00 bits per heavy atom. The Balaban J connectivity index is 1.42. The number of benzene rings is 2. The van der Waals surface area contributed by atoms with Gasteiger partial charge in [0.25, 0.3) is 0 Å². The molecule has 6 heteroatoms. The summed E-state index contributed by atoms with van der Waals surface area (Å²) in [7, 11) is 4.40. The monoisotopic (exact) mass is 466 g/mol. The van der Waals surface area contributed by atoms with E-state index in [1.807, 2.05) is 60.7 Å². The number of aliphatic hydroxyl groups is 1. The predicted molar refractivity (Wildman–Crippen MR) is 133 cm³/mol. The van der Waals surface area contributed by atoms with E-state index in [4.69, 9.17) is 9.72 Å². The van der Waals surface area contributed by atoms with Crippen molar-refractivity contribution in [1.82, 2.24) is 9.36 Å². The molecule has 1 heterocycles. The maximum atomic E-state index is 12.1. The van der Waals surface area contributed by atoms with Crippen LogP contribution in [0.2, 0.25) is 0 Å². The van der Waals surface area contributed by atoms with Gasteiger partial charge >= 0.3 is 0 Å². The molecule has 2 aromatic carbocycles. The fourth-order valence-electron chi connectivity index (χ4n) is 4.88. The Morgan fingerprint density at radius 3 is 2.36 bits per heavy atom. The number of rotatable bonds is 10. The second-order valence-electron chi connectivity index (χ2n) is 9.82. The predicted octanol–water partition coefficient (Wildman–Crippen LogP) is 5.40. The van der Waals surface area contributed by atoms with Crippen LogP contribution in [0.15, 0.2) is 60.7 Å². The summed E-state index contributed by atoms with van der Waals surface area (Å²) in [6, 6.07) is 20.0. The molecule has 0 saturated heterocycles. The molecule has 0 bridgehead atoms. The first kappa shape index (κ1) is 23.9. The zero-order chi connectivity index (χ0) is 23.2. The fraction of sp³-hybridized carbons (Fsp3) is 0.481. The average molecular weight is 467 g/mol. The number of quaternary nitrogens is 1. The SMILES string of the molecule is C[N+](C)(CCCOc1ccccc1)Cc1nsc(C(O)(c2ccccc2)C2CCCCC2)n1. The summed E-state index contributed by atoms with van der Waals surface area (Å²) in [5, 5.41) is 12.8. The number of hydrogen-bond donors (Lipinski definition) is 1. The Hall–Kier alpha value is -2.28. The molecule has 1 atom stereocenters. The van der Waals surface area contributed by atoms with Crippen molar-refractivity contribution in [3.8, 4) is 5.75 Å². The zero-order valence-corrected chi connectivity index (χ0v) is 20.6. The molecule has 33 heavy (non-hydrogen) atoms. The quantitative estimate of drug-likeness (QED) is 0.321. The minimum Gasteiger partial charge on any atom is -0.493 e. The molecule has 176 valence electrons. The minimum atomic E-state index is -1.06. The Morgan fingerprint density at radius 2 is 1.67 bits per heavy atom. The first-order valence-corrected chi connectivity index (χ1v) is 12.9. The third-order valence-corrected chi connectivity index (χ3v) is 7.57. The molecule has 1 N–H and O–H groups in total. The highest BCUT2D eigenvalue weighted by Gasteiger charge is 2.43. The summed E-state index contributed by atoms with van der Waals surface area (Å²) in [5.41, 5.74) is -0.121. The molecule has 1 saturated carbocycles. The lowest BCUT2D eigenvalue weighted by atomic mass is 9.73. The van der Waals surface area contributed by atoms with Crippen molar-refractivity contribution in [1.29, 1.82) is 0 Å². The molecule has 1 fully saturated rings. The van der Waals surface area contributed by atoms with Crippen LogP contribution in [0, 0.1) is 5.92 Å². The van der Waals surface area contributed by atoms with Crippen molar-refractivity contribution in [3.63, 3.8) is 0 Å². The molecule has 1 aliphatic carbocycles. The molecule has 0 radical (unpaired) electrons. The Labute approximate surface area is 201 Å². The van der Waals surface area contributed by atoms with Crippen molar-refractivity contribution in [2.75, 3.05) is 27.2 Å². The standard InChI is InChI=1S/C27H36N3O2S/c1-30(2,19-12-20-32-24-17-10-5-11-18-24)21-25-28-26(33-29-25)27(31,22-13-6-3-7-14-22)23-15-8-4-9-16-23/h3,5-7,10-11,13-14,17-18,23,31H,4,8-9,12,15-16,19-21H2,1-2H3/q+1. The molecule has 4 rings (SSSR count). The van der Waals surface area contributed by atoms with E-state index in [9.17, 15) is 5.11 Å². The van der Waals surface area contributed by atoms with Gasteiger partial charge in [-0.3, -0.25) is 0 Å². The van der Waals surface area contributed by atoms with Gasteiger partial charge in [-0.1, -0.05) is 67.8 Å². The molecule has 3 aromatic rings. The Kier molecular flexibility index (Phi) is 7.78. The van der Waals surface area contributed by atoms with E-state index in [1.54, 1.807) is 0 Å². The second-order valence-corrected chi connectivity index (χ2v) is 10.6. The van der Waals surface area contributed by atoms with Gasteiger partial charge in [0.1, 0.15) is 17.9 Å². The highest BCUT2D eigenvalue weighted by Crippen LogP contribution is 2.44. The molecule has 1 aliphatic rings. The van der Waals surface area contributed by atoms with Crippen molar-refractivity contribution in [2.45, 2.75) is 50.7 Å². The molecule has 0 amide bonds. The first-order valence-electron chi connectivity index (χ1n) is 12.1. The topological polar surface area (TPSA) is 55.2 Å². The van der Waals surface area contributed by atoms with Crippen molar-refractivity contribution in [2.24, 2.45) is 5.92 Å². The average Bonchev–Trinajstić information content (AvgIpc) is 3.31. The normalized spacial score (nSPS) is 16.9. The molecule has 1 aromatic heterocycles. The maximum Gasteiger partial charge on any atom is 0.197 e. The lowest BCUT2D eigenvalue weighted by molar-refractivity contribution is -0.904. The van der Waals surface area contributed by atoms with Gasteiger partial charge in [-0.05, 0) is 48.0 Å². The number of aromatic nitrogens is 2. The third-order valence-electron chi connectivity index (χ3n) is 6.69. The summed E-state index contributed by atoms with van der Waals surface area (Å²) < 4.78 is 11.3. The minimum absolute atomic E-state index is 0.187. The van der Waals surface area contributed by atoms with Crippen LogP contribution < -0.4 is 4.74 Å². The number of ether oxygens (including phenoxy) is 1. The summed E-state index contributed by atoms with van der Waals surface area (Å²) in [6.07, 6.45) is 6.60. The van der Waals surface area contributed by atoms with Crippen LogP contribution in [0.5, 0.6) is 5.75 Å². The number of nitrogens with zero attached hydrogens (tertiary/aromatic N) is 3. The van der Waals surface area contributed by atoms with E-state index in [1.165, 1.54) is 30.8 Å². The van der Waals surface area contributed by atoms with Gasteiger partial charge in [0.2, 0.25) is 0 Å². The van der Waals surface area contributed by atoms with Gasteiger partial charge in [-0.2, -0.15) is 4.37 Å². The van der Waals surface area contributed by atoms with Crippen LogP contribution in [0.25, 0.3) is 0 Å². The third kappa shape index (κ3) is 5.99. The molecule has 0 aliphatic heterocycles. The van der Waals surface area contributed by atoms with Crippen LogP contribution in [-0.2, 0) is 12.1 Å². The molecular formula is C27H36N3O2S+. The van der Waals surface area contributed by atoms with Crippen LogP contribution >= 0.6 is 11.5 Å². The van der Waals surface area contributed by atoms with Crippen molar-refractivity contribution in [3.05, 3.63) is 77.1 Å². The van der Waals surface area contributed by atoms with E-state index in [-0.39, 0.29) is 5.92 Å². The fourth-order valence-corrected chi connectivity index (χ4v) is 5.74. The number of hydrogen-bond acceptors (Lipinski definition) is 5. The van der Waals surface area contributed by atoms with Gasteiger partial charge in [0, 0.05) is 6.42 Å². The van der Waals surface area contributed by atoms with Gasteiger partial charge in [-0.25, -0.2) is 4.98 Å². The summed E-state index contributed by atoms with van der Waals surface area (Å²) in [4.78, 5) is 4.91. The zero-order valence-electron chi connectivity index (χ0n) is 19.8. The summed E-state index contributed by atoms with van der Waals surface area (Å²) >= 11 is 1.37. The van der Waals surface area contributed by atoms with Crippen LogP contribution in [0.4, 0.5) is 0 Å². The smallest absolute Gasteiger partial charge is 0.197 e. The van der Waals surface area contributed by atoms with Crippen LogP contribution in [0.3, 0.4) is 0 Å². The lowest BCUT2D eigenvalue weighted by Crippen LogP contribution is -2.41. The second kappa shape index (κ2) is 10.8. The summed E-state index contributed by atoms with van der Waals surface area (Å²) in [6.45, 7) is 2.39.